The Morgan fingerprint density at radius 3 is 2.26 bits per heavy atom. The van der Waals surface area contributed by atoms with Crippen LogP contribution in [0, 0.1) is 11.3 Å². The van der Waals surface area contributed by atoms with Crippen LogP contribution in [0.3, 0.4) is 0 Å². The fraction of sp³-hybridized carbons (Fsp3) is 0.867. The van der Waals surface area contributed by atoms with Crippen molar-refractivity contribution in [3.05, 3.63) is 0 Å². The summed E-state index contributed by atoms with van der Waals surface area (Å²) in [4.78, 5) is 22.2. The molecule has 0 aromatic heterocycles. The Morgan fingerprint density at radius 1 is 1.16 bits per heavy atom. The lowest BCUT2D eigenvalue weighted by atomic mass is 9.91. The lowest BCUT2D eigenvalue weighted by Gasteiger charge is -2.19. The van der Waals surface area contributed by atoms with Gasteiger partial charge in [0.15, 0.2) is 0 Å². The Kier molecular flexibility index (Phi) is 8.44. The van der Waals surface area contributed by atoms with Crippen LogP contribution in [0.5, 0.6) is 0 Å². The molecule has 112 valence electrons. The second-order valence-electron chi connectivity index (χ2n) is 6.46. The lowest BCUT2D eigenvalue weighted by molar-refractivity contribution is -0.137. The predicted molar refractivity (Wildman–Crippen MR) is 77.0 cm³/mol. The number of carbonyl (C=O) groups is 2. The first kappa shape index (κ1) is 17.9. The summed E-state index contributed by atoms with van der Waals surface area (Å²) in [5.41, 5.74) is 0.0101. The Hall–Kier alpha value is -1.06. The highest BCUT2D eigenvalue weighted by atomic mass is 16.4. The molecule has 0 bridgehead atoms. The molecule has 0 aromatic rings. The fourth-order valence-corrected chi connectivity index (χ4v) is 2.13. The zero-order valence-corrected chi connectivity index (χ0v) is 12.8. The molecule has 2 N–H and O–H groups in total. The lowest BCUT2D eigenvalue weighted by Crippen LogP contribution is -2.29. The molecule has 0 aliphatic carbocycles. The van der Waals surface area contributed by atoms with Crippen LogP contribution in [0.25, 0.3) is 0 Å². The first-order valence-electron chi connectivity index (χ1n) is 7.23. The van der Waals surface area contributed by atoms with Crippen LogP contribution >= 0.6 is 0 Å². The molecule has 0 aromatic carbocycles. The van der Waals surface area contributed by atoms with Crippen molar-refractivity contribution in [1.82, 2.24) is 5.32 Å². The molecule has 1 unspecified atom stereocenters. The molecule has 0 spiro atoms. The van der Waals surface area contributed by atoms with Gasteiger partial charge in [-0.25, -0.2) is 0 Å². The van der Waals surface area contributed by atoms with Gasteiger partial charge in [-0.1, -0.05) is 40.5 Å². The van der Waals surface area contributed by atoms with E-state index in [0.29, 0.717) is 25.3 Å². The Morgan fingerprint density at radius 2 is 1.79 bits per heavy atom. The van der Waals surface area contributed by atoms with Gasteiger partial charge in [0.25, 0.3) is 0 Å². The molecule has 19 heavy (non-hydrogen) atoms. The summed E-state index contributed by atoms with van der Waals surface area (Å²) < 4.78 is 0. The number of rotatable bonds is 9. The van der Waals surface area contributed by atoms with E-state index in [4.69, 9.17) is 5.11 Å². The van der Waals surface area contributed by atoms with E-state index < -0.39 is 5.97 Å². The van der Waals surface area contributed by atoms with E-state index in [2.05, 4.69) is 12.2 Å². The summed E-state index contributed by atoms with van der Waals surface area (Å²) in [6, 6.07) is 0. The van der Waals surface area contributed by atoms with Gasteiger partial charge in [0.2, 0.25) is 5.91 Å². The summed E-state index contributed by atoms with van der Waals surface area (Å²) in [5.74, 6) is -0.255. The number of amides is 1. The number of carbonyl (C=O) groups excluding carboxylic acids is 1. The van der Waals surface area contributed by atoms with Crippen LogP contribution in [0.15, 0.2) is 0 Å². The highest BCUT2D eigenvalue weighted by Crippen LogP contribution is 2.19. The minimum Gasteiger partial charge on any atom is -0.481 e. The largest absolute Gasteiger partial charge is 0.481 e. The second kappa shape index (κ2) is 8.94. The first-order chi connectivity index (χ1) is 8.74. The molecule has 0 saturated heterocycles. The number of hydrogen-bond donors (Lipinski definition) is 2. The standard InChI is InChI=1S/C15H29NO3/c1-5-6-12(7-8-14(18)19)9-10-16-13(17)11-15(2,3)4/h12H,5-11H2,1-4H3,(H,16,17)(H,18,19). The van der Waals surface area contributed by atoms with Crippen molar-refractivity contribution in [2.45, 2.75) is 66.2 Å². The van der Waals surface area contributed by atoms with Crippen LogP contribution in [-0.2, 0) is 9.59 Å². The van der Waals surface area contributed by atoms with E-state index in [9.17, 15) is 9.59 Å². The molecular formula is C15H29NO3. The highest BCUT2D eigenvalue weighted by Gasteiger charge is 2.16. The maximum atomic E-state index is 11.7. The summed E-state index contributed by atoms with van der Waals surface area (Å²) in [6.45, 7) is 8.88. The van der Waals surface area contributed by atoms with Crippen molar-refractivity contribution in [3.63, 3.8) is 0 Å². The molecule has 4 nitrogen and oxygen atoms in total. The average molecular weight is 271 g/mol. The number of nitrogens with one attached hydrogen (secondary N) is 1. The van der Waals surface area contributed by atoms with Gasteiger partial charge < -0.3 is 10.4 Å². The van der Waals surface area contributed by atoms with Crippen LogP contribution in [0.1, 0.15) is 66.2 Å². The number of carboxylic acids is 1. The monoisotopic (exact) mass is 271 g/mol. The Balaban J connectivity index is 3.91. The molecule has 1 amide bonds. The van der Waals surface area contributed by atoms with Gasteiger partial charge in [0.1, 0.15) is 0 Å². The van der Waals surface area contributed by atoms with Crippen molar-refractivity contribution < 1.29 is 14.7 Å². The van der Waals surface area contributed by atoms with Gasteiger partial charge in [0.05, 0.1) is 0 Å². The van der Waals surface area contributed by atoms with E-state index in [1.807, 2.05) is 20.8 Å². The number of hydrogen-bond acceptors (Lipinski definition) is 2. The van der Waals surface area contributed by atoms with E-state index in [0.717, 1.165) is 19.3 Å². The first-order valence-corrected chi connectivity index (χ1v) is 7.23. The highest BCUT2D eigenvalue weighted by molar-refractivity contribution is 5.76. The zero-order chi connectivity index (χ0) is 14.9. The van der Waals surface area contributed by atoms with Gasteiger partial charge in [-0.2, -0.15) is 0 Å². The number of carboxylic acid groups (broad SMARTS) is 1. The third-order valence-electron chi connectivity index (χ3n) is 3.03. The van der Waals surface area contributed by atoms with Gasteiger partial charge >= 0.3 is 5.97 Å². The van der Waals surface area contributed by atoms with Crippen molar-refractivity contribution in [2.75, 3.05) is 6.54 Å². The quantitative estimate of drug-likeness (QED) is 0.676. The topological polar surface area (TPSA) is 66.4 Å². The Bertz CT molecular complexity index is 282. The molecule has 0 rings (SSSR count). The summed E-state index contributed by atoms with van der Waals surface area (Å²) in [5, 5.41) is 11.6. The molecular weight excluding hydrogens is 242 g/mol. The molecule has 1 atom stereocenters. The molecule has 0 radical (unpaired) electrons. The number of aliphatic carboxylic acids is 1. The fourth-order valence-electron chi connectivity index (χ4n) is 2.13. The van der Waals surface area contributed by atoms with Gasteiger partial charge in [0, 0.05) is 19.4 Å². The smallest absolute Gasteiger partial charge is 0.303 e. The van der Waals surface area contributed by atoms with Crippen molar-refractivity contribution in [1.29, 1.82) is 0 Å². The normalized spacial score (nSPS) is 13.1. The Labute approximate surface area is 117 Å². The van der Waals surface area contributed by atoms with Crippen LogP contribution in [0.2, 0.25) is 0 Å². The van der Waals surface area contributed by atoms with Crippen LogP contribution in [-0.4, -0.2) is 23.5 Å². The van der Waals surface area contributed by atoms with Crippen molar-refractivity contribution in [2.24, 2.45) is 11.3 Å². The van der Waals surface area contributed by atoms with Gasteiger partial charge in [-0.05, 0) is 24.2 Å². The molecule has 0 heterocycles. The van der Waals surface area contributed by atoms with E-state index in [1.54, 1.807) is 0 Å². The minimum atomic E-state index is -0.738. The third-order valence-corrected chi connectivity index (χ3v) is 3.03. The predicted octanol–water partition coefficient (Wildman–Crippen LogP) is 3.21. The van der Waals surface area contributed by atoms with Gasteiger partial charge in [-0.3, -0.25) is 9.59 Å². The SMILES string of the molecule is CCCC(CCNC(=O)CC(C)(C)C)CCC(=O)O. The molecule has 0 aliphatic heterocycles. The van der Waals surface area contributed by atoms with Gasteiger partial charge in [-0.15, -0.1) is 0 Å². The molecule has 0 saturated carbocycles. The van der Waals surface area contributed by atoms with Crippen LogP contribution < -0.4 is 5.32 Å². The van der Waals surface area contributed by atoms with E-state index >= 15 is 0 Å². The average Bonchev–Trinajstić information content (AvgIpc) is 2.23. The second-order valence-corrected chi connectivity index (χ2v) is 6.46. The maximum Gasteiger partial charge on any atom is 0.303 e. The summed E-state index contributed by atoms with van der Waals surface area (Å²) in [6.07, 6.45) is 4.42. The molecule has 0 fully saturated rings. The summed E-state index contributed by atoms with van der Waals surface area (Å²) >= 11 is 0. The van der Waals surface area contributed by atoms with Crippen LogP contribution in [0.4, 0.5) is 0 Å². The van der Waals surface area contributed by atoms with Crippen molar-refractivity contribution >= 4 is 11.9 Å². The maximum absolute atomic E-state index is 11.7. The van der Waals surface area contributed by atoms with E-state index in [-0.39, 0.29) is 17.7 Å². The van der Waals surface area contributed by atoms with E-state index in [1.165, 1.54) is 0 Å². The summed E-state index contributed by atoms with van der Waals surface area (Å²) in [7, 11) is 0. The van der Waals surface area contributed by atoms with Crippen molar-refractivity contribution in [3.8, 4) is 0 Å². The third kappa shape index (κ3) is 11.7. The zero-order valence-electron chi connectivity index (χ0n) is 12.8. The molecule has 0 aliphatic rings. The minimum absolute atomic E-state index is 0.0101. The molecule has 4 heteroatoms.